The fourth-order valence-electron chi connectivity index (χ4n) is 3.81. The van der Waals surface area contributed by atoms with E-state index in [0.717, 1.165) is 4.31 Å². The molecule has 7 nitrogen and oxygen atoms in total. The molecule has 0 bridgehead atoms. The van der Waals surface area contributed by atoms with Gasteiger partial charge in [-0.2, -0.15) is 0 Å². The number of benzene rings is 3. The molecule has 40 heavy (non-hydrogen) atoms. The van der Waals surface area contributed by atoms with Crippen molar-refractivity contribution in [2.45, 2.75) is 38.3 Å². The van der Waals surface area contributed by atoms with E-state index in [1.54, 1.807) is 43.3 Å². The van der Waals surface area contributed by atoms with Crippen molar-refractivity contribution in [3.63, 3.8) is 0 Å². The van der Waals surface area contributed by atoms with E-state index in [0.29, 0.717) is 27.2 Å². The lowest BCUT2D eigenvalue weighted by molar-refractivity contribution is -0.139. The molecule has 0 aliphatic rings. The van der Waals surface area contributed by atoms with Gasteiger partial charge in [0.1, 0.15) is 12.6 Å². The zero-order valence-corrected chi connectivity index (χ0v) is 25.9. The lowest BCUT2D eigenvalue weighted by Gasteiger charge is -2.32. The standard InChI is InChI=1S/C28H29Cl4N3O4S/c1-18(2)15-33-28(37)19(3)34(16-22-23(30)10-7-11-24(22)31)27(36)17-35(26-13-12-20(29)14-25(26)32)40(38,39)21-8-5-4-6-9-21/h4-14,18-19H,15-17H2,1-3H3,(H,33,37). The van der Waals surface area contributed by atoms with Crippen molar-refractivity contribution in [2.24, 2.45) is 5.92 Å². The van der Waals surface area contributed by atoms with E-state index in [-0.39, 0.29) is 28.1 Å². The van der Waals surface area contributed by atoms with Crippen molar-refractivity contribution in [1.29, 1.82) is 0 Å². The smallest absolute Gasteiger partial charge is 0.264 e. The van der Waals surface area contributed by atoms with Gasteiger partial charge in [0.25, 0.3) is 10.0 Å². The van der Waals surface area contributed by atoms with Crippen LogP contribution in [0.5, 0.6) is 0 Å². The van der Waals surface area contributed by atoms with Gasteiger partial charge in [-0.1, -0.05) is 84.5 Å². The number of sulfonamides is 1. The molecule has 3 aromatic carbocycles. The van der Waals surface area contributed by atoms with Crippen LogP contribution < -0.4 is 9.62 Å². The van der Waals surface area contributed by atoms with Crippen LogP contribution in [-0.2, 0) is 26.2 Å². The highest BCUT2D eigenvalue weighted by Gasteiger charge is 2.34. The first-order valence-electron chi connectivity index (χ1n) is 12.4. The molecule has 3 aromatic rings. The van der Waals surface area contributed by atoms with E-state index in [1.807, 2.05) is 13.8 Å². The molecule has 1 unspecified atom stereocenters. The lowest BCUT2D eigenvalue weighted by atomic mass is 10.1. The van der Waals surface area contributed by atoms with E-state index in [2.05, 4.69) is 5.32 Å². The number of nitrogens with one attached hydrogen (secondary N) is 1. The summed E-state index contributed by atoms with van der Waals surface area (Å²) in [5.74, 6) is -0.905. The number of amides is 2. The quantitative estimate of drug-likeness (QED) is 0.252. The predicted octanol–water partition coefficient (Wildman–Crippen LogP) is 6.69. The topological polar surface area (TPSA) is 86.8 Å². The van der Waals surface area contributed by atoms with E-state index in [4.69, 9.17) is 46.4 Å². The van der Waals surface area contributed by atoms with Crippen molar-refractivity contribution >= 4 is 73.9 Å². The molecule has 214 valence electrons. The Kier molecular flexibility index (Phi) is 11.1. The van der Waals surface area contributed by atoms with Crippen LogP contribution >= 0.6 is 46.4 Å². The number of hydrogen-bond acceptors (Lipinski definition) is 4. The molecule has 0 aliphatic carbocycles. The fourth-order valence-corrected chi connectivity index (χ4v) is 6.34. The zero-order valence-electron chi connectivity index (χ0n) is 22.1. The van der Waals surface area contributed by atoms with Gasteiger partial charge >= 0.3 is 0 Å². The normalized spacial score (nSPS) is 12.2. The molecule has 0 aliphatic heterocycles. The van der Waals surface area contributed by atoms with Gasteiger partial charge in [0.15, 0.2) is 0 Å². The summed E-state index contributed by atoms with van der Waals surface area (Å²) in [6, 6.07) is 15.9. The summed E-state index contributed by atoms with van der Waals surface area (Å²) < 4.78 is 28.5. The van der Waals surface area contributed by atoms with Crippen LogP contribution in [-0.4, -0.2) is 44.3 Å². The van der Waals surface area contributed by atoms with Crippen LogP contribution in [0.15, 0.2) is 71.6 Å². The lowest BCUT2D eigenvalue weighted by Crippen LogP contribution is -2.51. The number of anilines is 1. The molecular weight excluding hydrogens is 616 g/mol. The van der Waals surface area contributed by atoms with Crippen LogP contribution in [0.1, 0.15) is 26.3 Å². The fraction of sp³-hybridized carbons (Fsp3) is 0.286. The van der Waals surface area contributed by atoms with E-state index < -0.39 is 34.4 Å². The first-order chi connectivity index (χ1) is 18.8. The summed E-state index contributed by atoms with van der Waals surface area (Å²) in [4.78, 5) is 28.3. The highest BCUT2D eigenvalue weighted by Crippen LogP contribution is 2.33. The van der Waals surface area contributed by atoms with Crippen molar-refractivity contribution < 1.29 is 18.0 Å². The second kappa shape index (κ2) is 13.9. The SMILES string of the molecule is CC(C)CNC(=O)C(C)N(Cc1c(Cl)cccc1Cl)C(=O)CN(c1ccc(Cl)cc1Cl)S(=O)(=O)c1ccccc1. The molecule has 0 radical (unpaired) electrons. The largest absolute Gasteiger partial charge is 0.354 e. The number of hydrogen-bond donors (Lipinski definition) is 1. The summed E-state index contributed by atoms with van der Waals surface area (Å²) in [6.45, 7) is 5.04. The molecular formula is C28H29Cl4N3O4S. The maximum atomic E-state index is 14.0. The third-order valence-corrected chi connectivity index (χ3v) is 9.05. The maximum Gasteiger partial charge on any atom is 0.264 e. The summed E-state index contributed by atoms with van der Waals surface area (Å²) in [5.41, 5.74) is 0.473. The average molecular weight is 645 g/mol. The molecule has 1 N–H and O–H groups in total. The molecule has 3 rings (SSSR count). The number of rotatable bonds is 11. The summed E-state index contributed by atoms with van der Waals surface area (Å²) in [6.07, 6.45) is 0. The molecule has 0 fully saturated rings. The zero-order chi connectivity index (χ0) is 29.6. The van der Waals surface area contributed by atoms with E-state index in [1.165, 1.54) is 35.2 Å². The first kappa shape index (κ1) is 32.0. The highest BCUT2D eigenvalue weighted by atomic mass is 35.5. The minimum Gasteiger partial charge on any atom is -0.354 e. The Labute approximate surface area is 255 Å². The van der Waals surface area contributed by atoms with E-state index >= 15 is 0 Å². The van der Waals surface area contributed by atoms with Crippen LogP contribution in [0, 0.1) is 5.92 Å². The first-order valence-corrected chi connectivity index (χ1v) is 15.3. The molecule has 0 saturated carbocycles. The van der Waals surface area contributed by atoms with Gasteiger partial charge in [-0.3, -0.25) is 13.9 Å². The van der Waals surface area contributed by atoms with Crippen LogP contribution in [0.25, 0.3) is 0 Å². The van der Waals surface area contributed by atoms with Gasteiger partial charge in [-0.15, -0.1) is 0 Å². The average Bonchev–Trinajstić information content (AvgIpc) is 2.90. The van der Waals surface area contributed by atoms with Gasteiger partial charge in [0.2, 0.25) is 11.8 Å². The van der Waals surface area contributed by atoms with Crippen LogP contribution in [0.2, 0.25) is 20.1 Å². The molecule has 1 atom stereocenters. The Balaban J connectivity index is 2.07. The molecule has 0 spiro atoms. The summed E-state index contributed by atoms with van der Waals surface area (Å²) in [7, 11) is -4.27. The third kappa shape index (κ3) is 7.83. The Morgan fingerprint density at radius 3 is 2.05 bits per heavy atom. The molecule has 0 saturated heterocycles. The van der Waals surface area contributed by atoms with Crippen LogP contribution in [0.4, 0.5) is 5.69 Å². The second-order valence-corrected chi connectivity index (χ2v) is 13.0. The third-order valence-electron chi connectivity index (χ3n) is 6.03. The van der Waals surface area contributed by atoms with E-state index in [9.17, 15) is 18.0 Å². The Morgan fingerprint density at radius 2 is 1.48 bits per heavy atom. The van der Waals surface area contributed by atoms with Gasteiger partial charge in [0.05, 0.1) is 15.6 Å². The molecule has 0 aromatic heterocycles. The summed E-state index contributed by atoms with van der Waals surface area (Å²) in [5, 5.41) is 3.75. The number of carbonyl (C=O) groups is 2. The molecule has 2 amide bonds. The highest BCUT2D eigenvalue weighted by molar-refractivity contribution is 7.92. The minimum atomic E-state index is -4.27. The molecule has 12 heteroatoms. The molecule has 0 heterocycles. The monoisotopic (exact) mass is 643 g/mol. The minimum absolute atomic E-state index is 0.0308. The van der Waals surface area contributed by atoms with Gasteiger partial charge < -0.3 is 10.2 Å². The number of nitrogens with zero attached hydrogens (tertiary/aromatic N) is 2. The number of halogens is 4. The Morgan fingerprint density at radius 1 is 0.850 bits per heavy atom. The van der Waals surface area contributed by atoms with Gasteiger partial charge in [0, 0.05) is 33.7 Å². The Hall–Kier alpha value is -2.49. The predicted molar refractivity (Wildman–Crippen MR) is 162 cm³/mol. The number of carbonyl (C=O) groups excluding carboxylic acids is 2. The summed E-state index contributed by atoms with van der Waals surface area (Å²) >= 11 is 25.3. The maximum absolute atomic E-state index is 14.0. The second-order valence-electron chi connectivity index (χ2n) is 9.46. The van der Waals surface area contributed by atoms with Crippen molar-refractivity contribution in [1.82, 2.24) is 10.2 Å². The van der Waals surface area contributed by atoms with Gasteiger partial charge in [-0.25, -0.2) is 8.42 Å². The van der Waals surface area contributed by atoms with Crippen molar-refractivity contribution in [2.75, 3.05) is 17.4 Å². The Bertz CT molecular complexity index is 1450. The van der Waals surface area contributed by atoms with Crippen molar-refractivity contribution in [3.8, 4) is 0 Å². The van der Waals surface area contributed by atoms with Crippen LogP contribution in [0.3, 0.4) is 0 Å². The van der Waals surface area contributed by atoms with Gasteiger partial charge in [-0.05, 0) is 55.3 Å². The van der Waals surface area contributed by atoms with Crippen molar-refractivity contribution in [3.05, 3.63) is 92.4 Å².